The van der Waals surface area contributed by atoms with Crippen molar-refractivity contribution in [2.75, 3.05) is 0 Å². The Morgan fingerprint density at radius 3 is 1.66 bits per heavy atom. The maximum atomic E-state index is 5.20. The Bertz CT molecular complexity index is 3650. The molecule has 2 heterocycles. The Labute approximate surface area is 356 Å². The van der Waals surface area contributed by atoms with Crippen LogP contribution in [0, 0.1) is 0 Å². The molecule has 12 rings (SSSR count). The van der Waals surface area contributed by atoms with Crippen molar-refractivity contribution >= 4 is 63.8 Å². The smallest absolute Gasteiger partial charge is 0.164 e. The van der Waals surface area contributed by atoms with E-state index < -0.39 is 0 Å². The van der Waals surface area contributed by atoms with E-state index in [0.29, 0.717) is 17.5 Å². The lowest BCUT2D eigenvalue weighted by Gasteiger charge is -2.15. The third kappa shape index (κ3) is 6.16. The molecule has 12 aromatic rings. The van der Waals surface area contributed by atoms with E-state index in [1.165, 1.54) is 64.0 Å². The van der Waals surface area contributed by atoms with E-state index in [0.717, 1.165) is 38.6 Å². The minimum Gasteiger partial charge on any atom is -0.208 e. The summed E-state index contributed by atoms with van der Waals surface area (Å²) in [6.45, 7) is 0. The summed E-state index contributed by atoms with van der Waals surface area (Å²) >= 11 is 1.86. The first-order chi connectivity index (χ1) is 30.2. The molecule has 0 aliphatic heterocycles. The molecule has 0 saturated carbocycles. The number of aromatic nitrogens is 3. The average molecular weight is 794 g/mol. The van der Waals surface area contributed by atoms with Crippen molar-refractivity contribution < 1.29 is 0 Å². The predicted octanol–water partition coefficient (Wildman–Crippen LogP) is 15.7. The second-order valence-corrected chi connectivity index (χ2v) is 16.6. The summed E-state index contributed by atoms with van der Waals surface area (Å²) in [6.07, 6.45) is 0. The van der Waals surface area contributed by atoms with Crippen LogP contribution in [0.3, 0.4) is 0 Å². The van der Waals surface area contributed by atoms with E-state index in [2.05, 4.69) is 194 Å². The van der Waals surface area contributed by atoms with Crippen molar-refractivity contribution in [1.29, 1.82) is 0 Å². The number of thiophene rings is 1. The van der Waals surface area contributed by atoms with Crippen LogP contribution in [-0.4, -0.2) is 15.0 Å². The van der Waals surface area contributed by atoms with Gasteiger partial charge >= 0.3 is 0 Å². The highest BCUT2D eigenvalue weighted by atomic mass is 32.1. The SMILES string of the molecule is c1ccc(-c2nc(-c3cccc(-c4cc(-c5cccc6sc7ccccc7c56)c5cc(-c6cccc7ccccc67)ccc5c4)c3)nc(-c3cccc4ccccc34)n2)cc1. The lowest BCUT2D eigenvalue weighted by Crippen LogP contribution is -2.00. The van der Waals surface area contributed by atoms with Crippen LogP contribution in [0.1, 0.15) is 0 Å². The Hall–Kier alpha value is -7.79. The van der Waals surface area contributed by atoms with Gasteiger partial charge in [-0.05, 0) is 102 Å². The summed E-state index contributed by atoms with van der Waals surface area (Å²) in [5.41, 5.74) is 9.95. The van der Waals surface area contributed by atoms with Crippen LogP contribution < -0.4 is 0 Å². The van der Waals surface area contributed by atoms with Gasteiger partial charge in [0.05, 0.1) is 0 Å². The van der Waals surface area contributed by atoms with Crippen LogP contribution in [0.5, 0.6) is 0 Å². The molecule has 284 valence electrons. The van der Waals surface area contributed by atoms with Crippen molar-refractivity contribution in [3.05, 3.63) is 212 Å². The molecular weight excluding hydrogens is 759 g/mol. The van der Waals surface area contributed by atoms with Gasteiger partial charge in [-0.15, -0.1) is 11.3 Å². The lowest BCUT2D eigenvalue weighted by atomic mass is 9.88. The van der Waals surface area contributed by atoms with Crippen LogP contribution >= 0.6 is 11.3 Å². The summed E-state index contributed by atoms with van der Waals surface area (Å²) in [7, 11) is 0. The molecule has 3 nitrogen and oxygen atoms in total. The molecule has 0 amide bonds. The molecule has 0 N–H and O–H groups in total. The molecule has 4 heteroatoms. The van der Waals surface area contributed by atoms with Gasteiger partial charge < -0.3 is 0 Å². The highest BCUT2D eigenvalue weighted by molar-refractivity contribution is 7.25. The summed E-state index contributed by atoms with van der Waals surface area (Å²) in [5, 5.41) is 9.73. The summed E-state index contributed by atoms with van der Waals surface area (Å²) in [5.74, 6) is 1.93. The largest absolute Gasteiger partial charge is 0.208 e. The number of fused-ring (bicyclic) bond motifs is 6. The zero-order valence-corrected chi connectivity index (χ0v) is 33.8. The van der Waals surface area contributed by atoms with Crippen LogP contribution in [0.2, 0.25) is 0 Å². The highest BCUT2D eigenvalue weighted by Gasteiger charge is 2.18. The van der Waals surface area contributed by atoms with E-state index in [9.17, 15) is 0 Å². The number of hydrogen-bond donors (Lipinski definition) is 0. The number of hydrogen-bond acceptors (Lipinski definition) is 4. The van der Waals surface area contributed by atoms with Crippen molar-refractivity contribution in [3.63, 3.8) is 0 Å². The average Bonchev–Trinajstić information content (AvgIpc) is 3.72. The first-order valence-electron chi connectivity index (χ1n) is 20.6. The van der Waals surface area contributed by atoms with E-state index in [-0.39, 0.29) is 0 Å². The second-order valence-electron chi connectivity index (χ2n) is 15.5. The second kappa shape index (κ2) is 14.5. The van der Waals surface area contributed by atoms with Crippen molar-refractivity contribution in [2.45, 2.75) is 0 Å². The van der Waals surface area contributed by atoms with Gasteiger partial charge in [0, 0.05) is 36.9 Å². The molecule has 0 radical (unpaired) electrons. The zero-order chi connectivity index (χ0) is 40.3. The molecule has 0 spiro atoms. The lowest BCUT2D eigenvalue weighted by molar-refractivity contribution is 1.08. The maximum absolute atomic E-state index is 5.20. The monoisotopic (exact) mass is 793 g/mol. The Kier molecular flexibility index (Phi) is 8.36. The summed E-state index contributed by atoms with van der Waals surface area (Å²) < 4.78 is 2.58. The molecule has 61 heavy (non-hydrogen) atoms. The van der Waals surface area contributed by atoms with Gasteiger partial charge in [0.2, 0.25) is 0 Å². The number of rotatable bonds is 6. The van der Waals surface area contributed by atoms with E-state index >= 15 is 0 Å². The summed E-state index contributed by atoms with van der Waals surface area (Å²) in [6, 6.07) is 76.1. The fourth-order valence-electron chi connectivity index (χ4n) is 8.99. The molecule has 0 unspecified atom stereocenters. The molecule has 0 aliphatic carbocycles. The highest BCUT2D eigenvalue weighted by Crippen LogP contribution is 2.44. The molecule has 0 aliphatic rings. The fraction of sp³-hybridized carbons (Fsp3) is 0. The van der Waals surface area contributed by atoms with E-state index in [1.807, 2.05) is 29.5 Å². The van der Waals surface area contributed by atoms with Gasteiger partial charge in [-0.3, -0.25) is 0 Å². The molecule has 0 bridgehead atoms. The molecule has 2 aromatic heterocycles. The third-order valence-electron chi connectivity index (χ3n) is 11.9. The number of nitrogens with zero attached hydrogens (tertiary/aromatic N) is 3. The van der Waals surface area contributed by atoms with Crippen molar-refractivity contribution in [3.8, 4) is 67.5 Å². The zero-order valence-electron chi connectivity index (χ0n) is 33.0. The molecule has 10 aromatic carbocycles. The van der Waals surface area contributed by atoms with Gasteiger partial charge in [0.1, 0.15) is 0 Å². The first-order valence-corrected chi connectivity index (χ1v) is 21.4. The van der Waals surface area contributed by atoms with Crippen molar-refractivity contribution in [2.24, 2.45) is 0 Å². The topological polar surface area (TPSA) is 38.7 Å². The minimum absolute atomic E-state index is 0.633. The summed E-state index contributed by atoms with van der Waals surface area (Å²) in [4.78, 5) is 15.4. The molecule has 0 fully saturated rings. The van der Waals surface area contributed by atoms with Gasteiger partial charge in [-0.2, -0.15) is 0 Å². The normalized spacial score (nSPS) is 11.6. The van der Waals surface area contributed by atoms with Crippen LogP contribution in [0.15, 0.2) is 212 Å². The number of benzene rings is 10. The minimum atomic E-state index is 0.633. The Morgan fingerprint density at radius 2 is 0.836 bits per heavy atom. The third-order valence-corrected chi connectivity index (χ3v) is 13.0. The van der Waals surface area contributed by atoms with Crippen molar-refractivity contribution in [1.82, 2.24) is 15.0 Å². The van der Waals surface area contributed by atoms with Crippen LogP contribution in [0.25, 0.3) is 120 Å². The predicted molar refractivity (Wildman–Crippen MR) is 258 cm³/mol. The quantitative estimate of drug-likeness (QED) is 0.168. The van der Waals surface area contributed by atoms with Crippen LogP contribution in [0.4, 0.5) is 0 Å². The standard InChI is InChI=1S/C57H35N3S/c1-2-16-38(17-3-1)55-58-56(60-57(59-55)48-27-12-19-37-15-5-7-23-45(37)48)42-21-10-20-39(32-42)43-33-40-30-31-41(46-25-11-18-36-14-4-6-22-44(36)46)34-50(40)51(35-43)47-26-13-29-53-54(47)49-24-8-9-28-52(49)61-53/h1-35H. The molecular formula is C57H35N3S. The van der Waals surface area contributed by atoms with E-state index in [4.69, 9.17) is 15.0 Å². The van der Waals surface area contributed by atoms with Crippen LogP contribution in [-0.2, 0) is 0 Å². The maximum Gasteiger partial charge on any atom is 0.164 e. The Morgan fingerprint density at radius 1 is 0.262 bits per heavy atom. The van der Waals surface area contributed by atoms with Gasteiger partial charge in [-0.1, -0.05) is 176 Å². The van der Waals surface area contributed by atoms with Gasteiger partial charge in [0.15, 0.2) is 17.5 Å². The fourth-order valence-corrected chi connectivity index (χ4v) is 10.1. The van der Waals surface area contributed by atoms with Gasteiger partial charge in [-0.25, -0.2) is 15.0 Å². The van der Waals surface area contributed by atoms with E-state index in [1.54, 1.807) is 0 Å². The Balaban J connectivity index is 1.06. The first kappa shape index (κ1) is 35.2. The van der Waals surface area contributed by atoms with Gasteiger partial charge in [0.25, 0.3) is 0 Å². The molecule has 0 atom stereocenters. The molecule has 0 saturated heterocycles.